The van der Waals surface area contributed by atoms with Gasteiger partial charge in [-0.2, -0.15) is 5.10 Å². The zero-order valence-corrected chi connectivity index (χ0v) is 11.0. The van der Waals surface area contributed by atoms with Gasteiger partial charge in [-0.1, -0.05) is 0 Å². The number of hydrogen-bond donors (Lipinski definition) is 2. The molecular weight excluding hydrogens is 230 g/mol. The van der Waals surface area contributed by atoms with Crippen LogP contribution in [0.3, 0.4) is 0 Å². The summed E-state index contributed by atoms with van der Waals surface area (Å²) in [5.41, 5.74) is 6.72. The van der Waals surface area contributed by atoms with E-state index in [1.807, 2.05) is 6.92 Å². The van der Waals surface area contributed by atoms with E-state index in [4.69, 9.17) is 5.73 Å². The Kier molecular flexibility index (Phi) is 3.86. The first-order valence-electron chi connectivity index (χ1n) is 6.42. The number of piperidine rings is 1. The summed E-state index contributed by atoms with van der Waals surface area (Å²) in [5.74, 6) is -0.118. The third-order valence-corrected chi connectivity index (χ3v) is 3.34. The number of hydrogen-bond acceptors (Lipinski definition) is 4. The number of rotatable bonds is 3. The summed E-state index contributed by atoms with van der Waals surface area (Å²) in [4.78, 5) is 14.4. The van der Waals surface area contributed by atoms with Crippen molar-refractivity contribution in [2.24, 2.45) is 0 Å². The SMILES string of the molecule is CCn1ncc(N)c1C(=O)NC1CCCN(C)C1. The van der Waals surface area contributed by atoms with Gasteiger partial charge in [0.1, 0.15) is 5.69 Å². The van der Waals surface area contributed by atoms with Gasteiger partial charge in [0.25, 0.3) is 5.91 Å². The molecule has 100 valence electrons. The first-order chi connectivity index (χ1) is 8.61. The summed E-state index contributed by atoms with van der Waals surface area (Å²) in [6.07, 6.45) is 3.67. The normalized spacial score (nSPS) is 20.9. The maximum absolute atomic E-state index is 12.2. The molecule has 6 nitrogen and oxygen atoms in total. The molecule has 1 aromatic heterocycles. The third-order valence-electron chi connectivity index (χ3n) is 3.34. The summed E-state index contributed by atoms with van der Waals surface area (Å²) >= 11 is 0. The molecule has 0 bridgehead atoms. The van der Waals surface area contributed by atoms with Crippen molar-refractivity contribution in [3.63, 3.8) is 0 Å². The molecule has 1 atom stereocenters. The molecule has 2 heterocycles. The van der Waals surface area contributed by atoms with E-state index < -0.39 is 0 Å². The molecule has 1 amide bonds. The van der Waals surface area contributed by atoms with Gasteiger partial charge in [-0.25, -0.2) is 0 Å². The van der Waals surface area contributed by atoms with E-state index in [0.29, 0.717) is 17.9 Å². The van der Waals surface area contributed by atoms with Gasteiger partial charge >= 0.3 is 0 Å². The number of carbonyl (C=O) groups is 1. The van der Waals surface area contributed by atoms with Crippen molar-refractivity contribution >= 4 is 11.6 Å². The topological polar surface area (TPSA) is 76.2 Å². The predicted octanol–water partition coefficient (Wildman–Crippen LogP) is 0.309. The lowest BCUT2D eigenvalue weighted by molar-refractivity contribution is 0.0902. The van der Waals surface area contributed by atoms with E-state index in [-0.39, 0.29) is 11.9 Å². The molecule has 1 unspecified atom stereocenters. The maximum Gasteiger partial charge on any atom is 0.271 e. The van der Waals surface area contributed by atoms with Crippen molar-refractivity contribution in [1.29, 1.82) is 0 Å². The number of nitrogens with two attached hydrogens (primary N) is 1. The van der Waals surface area contributed by atoms with E-state index in [0.717, 1.165) is 25.9 Å². The molecule has 0 radical (unpaired) electrons. The maximum atomic E-state index is 12.2. The summed E-state index contributed by atoms with van der Waals surface area (Å²) in [6, 6.07) is 0.204. The van der Waals surface area contributed by atoms with Gasteiger partial charge in [-0.3, -0.25) is 9.48 Å². The average Bonchev–Trinajstić information content (AvgIpc) is 2.70. The summed E-state index contributed by atoms with van der Waals surface area (Å²) in [5, 5.41) is 7.13. The van der Waals surface area contributed by atoms with Crippen LogP contribution in [-0.2, 0) is 6.54 Å². The summed E-state index contributed by atoms with van der Waals surface area (Å²) in [6.45, 7) is 4.58. The zero-order valence-electron chi connectivity index (χ0n) is 11.0. The van der Waals surface area contributed by atoms with E-state index >= 15 is 0 Å². The molecule has 3 N–H and O–H groups in total. The average molecular weight is 251 g/mol. The van der Waals surface area contributed by atoms with Gasteiger partial charge < -0.3 is 16.0 Å². The van der Waals surface area contributed by atoms with Crippen LogP contribution in [0.15, 0.2) is 6.20 Å². The lowest BCUT2D eigenvalue weighted by atomic mass is 10.1. The highest BCUT2D eigenvalue weighted by molar-refractivity contribution is 5.97. The minimum atomic E-state index is -0.118. The Morgan fingerprint density at radius 2 is 2.44 bits per heavy atom. The van der Waals surface area contributed by atoms with Crippen molar-refractivity contribution in [3.8, 4) is 0 Å². The zero-order chi connectivity index (χ0) is 13.1. The number of aryl methyl sites for hydroxylation is 1. The fourth-order valence-corrected chi connectivity index (χ4v) is 2.43. The molecular formula is C12H21N5O. The van der Waals surface area contributed by atoms with Crippen LogP contribution in [0.5, 0.6) is 0 Å². The van der Waals surface area contributed by atoms with Crippen molar-refractivity contribution in [2.45, 2.75) is 32.4 Å². The largest absolute Gasteiger partial charge is 0.396 e. The number of carbonyl (C=O) groups excluding carboxylic acids is 1. The molecule has 18 heavy (non-hydrogen) atoms. The molecule has 1 aliphatic heterocycles. The van der Waals surface area contributed by atoms with Crippen molar-refractivity contribution in [1.82, 2.24) is 20.0 Å². The van der Waals surface area contributed by atoms with Gasteiger partial charge in [0.15, 0.2) is 0 Å². The lowest BCUT2D eigenvalue weighted by Crippen LogP contribution is -2.46. The van der Waals surface area contributed by atoms with Gasteiger partial charge in [-0.15, -0.1) is 0 Å². The second-order valence-electron chi connectivity index (χ2n) is 4.84. The van der Waals surface area contributed by atoms with Crippen LogP contribution < -0.4 is 11.1 Å². The second kappa shape index (κ2) is 5.39. The molecule has 0 aliphatic carbocycles. The quantitative estimate of drug-likeness (QED) is 0.810. The van der Waals surface area contributed by atoms with Crippen molar-refractivity contribution in [3.05, 3.63) is 11.9 Å². The Hall–Kier alpha value is -1.56. The number of amides is 1. The second-order valence-corrected chi connectivity index (χ2v) is 4.84. The molecule has 0 aromatic carbocycles. The van der Waals surface area contributed by atoms with E-state index in [1.54, 1.807) is 4.68 Å². The Balaban J connectivity index is 2.05. The van der Waals surface area contributed by atoms with Crippen LogP contribution in [0.4, 0.5) is 5.69 Å². The summed E-state index contributed by atoms with van der Waals surface area (Å²) in [7, 11) is 2.07. The molecule has 2 rings (SSSR count). The highest BCUT2D eigenvalue weighted by Gasteiger charge is 2.22. The highest BCUT2D eigenvalue weighted by Crippen LogP contribution is 2.13. The van der Waals surface area contributed by atoms with Crippen molar-refractivity contribution < 1.29 is 4.79 Å². The molecule has 1 aromatic rings. The standard InChI is InChI=1S/C12H21N5O/c1-3-17-11(10(13)7-14-17)12(18)15-9-5-4-6-16(2)8-9/h7,9H,3-6,8,13H2,1-2H3,(H,15,18). The van der Waals surface area contributed by atoms with Gasteiger partial charge in [0.2, 0.25) is 0 Å². The van der Waals surface area contributed by atoms with Crippen LogP contribution in [0, 0.1) is 0 Å². The fraction of sp³-hybridized carbons (Fsp3) is 0.667. The fourth-order valence-electron chi connectivity index (χ4n) is 2.43. The van der Waals surface area contributed by atoms with Gasteiger partial charge in [0, 0.05) is 19.1 Å². The lowest BCUT2D eigenvalue weighted by Gasteiger charge is -2.30. The molecule has 1 saturated heterocycles. The first kappa shape index (κ1) is 12.9. The van der Waals surface area contributed by atoms with Gasteiger partial charge in [-0.05, 0) is 33.4 Å². The Labute approximate surface area is 107 Å². The molecule has 0 saturated carbocycles. The Morgan fingerprint density at radius 1 is 1.67 bits per heavy atom. The third kappa shape index (κ3) is 2.64. The van der Waals surface area contributed by atoms with E-state index in [2.05, 4.69) is 22.4 Å². The Morgan fingerprint density at radius 3 is 3.11 bits per heavy atom. The first-order valence-corrected chi connectivity index (χ1v) is 6.42. The van der Waals surface area contributed by atoms with E-state index in [1.165, 1.54) is 6.20 Å². The van der Waals surface area contributed by atoms with Gasteiger partial charge in [0.05, 0.1) is 11.9 Å². The Bertz CT molecular complexity index is 428. The predicted molar refractivity (Wildman–Crippen MR) is 70.3 cm³/mol. The van der Waals surface area contributed by atoms with Crippen LogP contribution >= 0.6 is 0 Å². The molecule has 6 heteroatoms. The minimum Gasteiger partial charge on any atom is -0.396 e. The van der Waals surface area contributed by atoms with Crippen LogP contribution in [0.25, 0.3) is 0 Å². The van der Waals surface area contributed by atoms with E-state index in [9.17, 15) is 4.79 Å². The number of nitrogens with zero attached hydrogens (tertiary/aromatic N) is 3. The minimum absolute atomic E-state index is 0.118. The van der Waals surface area contributed by atoms with Crippen molar-refractivity contribution in [2.75, 3.05) is 25.9 Å². The molecule has 1 aliphatic rings. The molecule has 0 spiro atoms. The van der Waals surface area contributed by atoms with Crippen LogP contribution in [-0.4, -0.2) is 46.8 Å². The number of aromatic nitrogens is 2. The number of nitrogens with one attached hydrogen (secondary N) is 1. The number of likely N-dealkylation sites (N-methyl/N-ethyl adjacent to an activating group) is 1. The highest BCUT2D eigenvalue weighted by atomic mass is 16.2. The number of nitrogen functional groups attached to an aromatic ring is 1. The monoisotopic (exact) mass is 251 g/mol. The van der Waals surface area contributed by atoms with Crippen LogP contribution in [0.2, 0.25) is 0 Å². The number of anilines is 1. The van der Waals surface area contributed by atoms with Crippen LogP contribution in [0.1, 0.15) is 30.3 Å². The number of likely N-dealkylation sites (tertiary alicyclic amines) is 1. The molecule has 1 fully saturated rings. The smallest absolute Gasteiger partial charge is 0.271 e. The summed E-state index contributed by atoms with van der Waals surface area (Å²) < 4.78 is 1.64.